The Morgan fingerprint density at radius 1 is 1.23 bits per heavy atom. The lowest BCUT2D eigenvalue weighted by atomic mass is 10.1. The van der Waals surface area contributed by atoms with Crippen LogP contribution in [0.3, 0.4) is 0 Å². The lowest BCUT2D eigenvalue weighted by Gasteiger charge is -2.00. The smallest absolute Gasteiger partial charge is 0.277 e. The molecule has 0 saturated carbocycles. The number of hydrogen-bond donors (Lipinski definition) is 1. The zero-order valence-electron chi connectivity index (χ0n) is 15.6. The molecule has 0 bridgehead atoms. The van der Waals surface area contributed by atoms with Crippen LogP contribution in [0.2, 0.25) is 0 Å². The Balaban J connectivity index is 1.36. The fraction of sp³-hybridized carbons (Fsp3) is 0.167. The van der Waals surface area contributed by atoms with Crippen LogP contribution in [0.1, 0.15) is 10.7 Å². The minimum Gasteiger partial charge on any atom is -0.410 e. The van der Waals surface area contributed by atoms with Crippen LogP contribution < -0.4 is 5.32 Å². The van der Waals surface area contributed by atoms with Crippen LogP contribution in [-0.4, -0.2) is 31.8 Å². The monoisotopic (exact) mass is 465 g/mol. The van der Waals surface area contributed by atoms with Gasteiger partial charge in [0.2, 0.25) is 5.91 Å². The van der Waals surface area contributed by atoms with Crippen molar-refractivity contribution in [3.8, 4) is 22.0 Å². The number of anilines is 1. The molecule has 4 rings (SSSR count). The SMILES string of the molecule is Cc1nc(C)c(-c2nnc(SCC(=O)Nc3nc(-c4cc(F)ccc4F)cs3)o2)s1. The maximum Gasteiger partial charge on any atom is 0.277 e. The zero-order valence-corrected chi connectivity index (χ0v) is 18.1. The maximum absolute atomic E-state index is 13.9. The predicted molar refractivity (Wildman–Crippen MR) is 112 cm³/mol. The van der Waals surface area contributed by atoms with E-state index in [0.717, 1.165) is 56.9 Å². The predicted octanol–water partition coefficient (Wildman–Crippen LogP) is 4.94. The van der Waals surface area contributed by atoms with Crippen molar-refractivity contribution in [2.75, 3.05) is 11.1 Å². The van der Waals surface area contributed by atoms with Gasteiger partial charge in [-0.15, -0.1) is 32.9 Å². The first-order valence-electron chi connectivity index (χ1n) is 8.50. The molecule has 12 heteroatoms. The fourth-order valence-corrected chi connectivity index (χ4v) is 4.65. The Morgan fingerprint density at radius 3 is 2.83 bits per heavy atom. The molecule has 0 atom stereocenters. The summed E-state index contributed by atoms with van der Waals surface area (Å²) in [6.07, 6.45) is 0. The van der Waals surface area contributed by atoms with Crippen LogP contribution in [-0.2, 0) is 4.79 Å². The van der Waals surface area contributed by atoms with E-state index in [2.05, 4.69) is 25.5 Å². The molecule has 0 radical (unpaired) electrons. The van der Waals surface area contributed by atoms with Gasteiger partial charge in [-0.1, -0.05) is 11.8 Å². The zero-order chi connectivity index (χ0) is 21.3. The number of benzene rings is 1. The molecule has 154 valence electrons. The number of rotatable bonds is 6. The standard InChI is InChI=1S/C18H13F2N5O2S3/c1-8-15(30-9(2)21-8)16-24-25-18(27-16)29-7-14(26)23-17-22-13(6-28-17)11-5-10(19)3-4-12(11)20/h3-6H,7H2,1-2H3,(H,22,23,26). The molecule has 0 saturated heterocycles. The van der Waals surface area contributed by atoms with Gasteiger partial charge >= 0.3 is 0 Å². The Hall–Kier alpha value is -2.70. The molecule has 0 aliphatic heterocycles. The number of nitrogens with one attached hydrogen (secondary N) is 1. The van der Waals surface area contributed by atoms with Crippen LogP contribution in [0.25, 0.3) is 22.0 Å². The van der Waals surface area contributed by atoms with Crippen molar-refractivity contribution in [3.05, 3.63) is 45.9 Å². The van der Waals surface area contributed by atoms with Crippen LogP contribution in [0.15, 0.2) is 33.2 Å². The van der Waals surface area contributed by atoms with Crippen LogP contribution >= 0.6 is 34.4 Å². The summed E-state index contributed by atoms with van der Waals surface area (Å²) < 4.78 is 32.8. The molecule has 30 heavy (non-hydrogen) atoms. The van der Waals surface area contributed by atoms with Gasteiger partial charge in [-0.3, -0.25) is 4.79 Å². The molecule has 0 aliphatic rings. The Morgan fingerprint density at radius 2 is 2.07 bits per heavy atom. The minimum absolute atomic E-state index is 0.0194. The average Bonchev–Trinajstić information content (AvgIpc) is 3.42. The molecule has 3 aromatic heterocycles. The van der Waals surface area contributed by atoms with Crippen LogP contribution in [0.5, 0.6) is 0 Å². The average molecular weight is 466 g/mol. The van der Waals surface area contributed by atoms with Gasteiger partial charge < -0.3 is 9.73 Å². The second kappa shape index (κ2) is 8.58. The van der Waals surface area contributed by atoms with Crippen LogP contribution in [0.4, 0.5) is 13.9 Å². The molecule has 0 fully saturated rings. The summed E-state index contributed by atoms with van der Waals surface area (Å²) in [5.41, 5.74) is 1.09. The highest BCUT2D eigenvalue weighted by molar-refractivity contribution is 7.99. The second-order valence-corrected chi connectivity index (χ2v) is 9.01. The first-order chi connectivity index (χ1) is 14.4. The summed E-state index contributed by atoms with van der Waals surface area (Å²) in [5, 5.41) is 13.5. The summed E-state index contributed by atoms with van der Waals surface area (Å²) in [5.74, 6) is -1.11. The second-order valence-electron chi connectivity index (χ2n) is 6.02. The largest absolute Gasteiger partial charge is 0.410 e. The highest BCUT2D eigenvalue weighted by Crippen LogP contribution is 2.31. The van der Waals surface area contributed by atoms with Crippen molar-refractivity contribution in [2.45, 2.75) is 19.1 Å². The molecule has 1 aromatic carbocycles. The van der Waals surface area contributed by atoms with Gasteiger partial charge in [-0.25, -0.2) is 18.7 Å². The van der Waals surface area contributed by atoms with Gasteiger partial charge in [0.25, 0.3) is 11.1 Å². The van der Waals surface area contributed by atoms with Gasteiger partial charge in [-0.05, 0) is 32.0 Å². The normalized spacial score (nSPS) is 11.1. The highest BCUT2D eigenvalue weighted by Gasteiger charge is 2.17. The third-order valence-corrected chi connectivity index (χ3v) is 6.42. The summed E-state index contributed by atoms with van der Waals surface area (Å²) >= 11 is 3.65. The van der Waals surface area contributed by atoms with Gasteiger partial charge in [0.05, 0.1) is 22.1 Å². The van der Waals surface area contributed by atoms with E-state index in [9.17, 15) is 13.6 Å². The molecule has 1 N–H and O–H groups in total. The maximum atomic E-state index is 13.9. The molecule has 4 aromatic rings. The first kappa shape index (κ1) is 20.6. The van der Waals surface area contributed by atoms with Crippen molar-refractivity contribution < 1.29 is 18.0 Å². The van der Waals surface area contributed by atoms with Crippen LogP contribution in [0, 0.1) is 25.5 Å². The lowest BCUT2D eigenvalue weighted by molar-refractivity contribution is -0.113. The van der Waals surface area contributed by atoms with E-state index < -0.39 is 11.6 Å². The molecule has 0 aliphatic carbocycles. The van der Waals surface area contributed by atoms with E-state index in [1.165, 1.54) is 11.3 Å². The fourth-order valence-electron chi connectivity index (χ4n) is 2.52. The van der Waals surface area contributed by atoms with Crippen molar-refractivity contribution in [2.24, 2.45) is 0 Å². The highest BCUT2D eigenvalue weighted by atomic mass is 32.2. The number of carbonyl (C=O) groups is 1. The molecule has 0 unspecified atom stereocenters. The number of amides is 1. The van der Waals surface area contributed by atoms with Crippen molar-refractivity contribution >= 4 is 45.5 Å². The quantitative estimate of drug-likeness (QED) is 0.403. The molecule has 3 heterocycles. The third kappa shape index (κ3) is 4.55. The first-order valence-corrected chi connectivity index (χ1v) is 11.2. The number of nitrogens with zero attached hydrogens (tertiary/aromatic N) is 4. The summed E-state index contributed by atoms with van der Waals surface area (Å²) in [4.78, 5) is 21.5. The summed E-state index contributed by atoms with van der Waals surface area (Å²) in [7, 11) is 0. The summed E-state index contributed by atoms with van der Waals surface area (Å²) in [6, 6.07) is 3.13. The molecule has 0 spiro atoms. The van der Waals surface area contributed by atoms with E-state index in [1.807, 2.05) is 13.8 Å². The topological polar surface area (TPSA) is 93.8 Å². The number of thiazole rings is 2. The number of carbonyl (C=O) groups excluding carboxylic acids is 1. The number of aromatic nitrogens is 4. The number of hydrogen-bond acceptors (Lipinski definition) is 9. The van der Waals surface area contributed by atoms with Gasteiger partial charge in [-0.2, -0.15) is 0 Å². The molecule has 7 nitrogen and oxygen atoms in total. The van der Waals surface area contributed by atoms with E-state index in [4.69, 9.17) is 4.42 Å². The van der Waals surface area contributed by atoms with Gasteiger partial charge in [0.1, 0.15) is 16.5 Å². The van der Waals surface area contributed by atoms with Crippen molar-refractivity contribution in [1.29, 1.82) is 0 Å². The number of thioether (sulfide) groups is 1. The van der Waals surface area contributed by atoms with E-state index >= 15 is 0 Å². The third-order valence-electron chi connectivity index (χ3n) is 3.79. The number of halogens is 2. The Bertz CT molecular complexity index is 1220. The van der Waals surface area contributed by atoms with Crippen molar-refractivity contribution in [1.82, 2.24) is 20.2 Å². The number of aryl methyl sites for hydroxylation is 2. The molecule has 1 amide bonds. The van der Waals surface area contributed by atoms with E-state index in [1.54, 1.807) is 5.38 Å². The minimum atomic E-state index is -0.589. The van der Waals surface area contributed by atoms with E-state index in [0.29, 0.717) is 5.89 Å². The summed E-state index contributed by atoms with van der Waals surface area (Å²) in [6.45, 7) is 3.76. The molecular formula is C18H13F2N5O2S3. The Labute approximate surface area is 181 Å². The van der Waals surface area contributed by atoms with Crippen molar-refractivity contribution in [3.63, 3.8) is 0 Å². The van der Waals surface area contributed by atoms with E-state index in [-0.39, 0.29) is 33.3 Å². The van der Waals surface area contributed by atoms with Gasteiger partial charge in [0.15, 0.2) is 5.13 Å². The molecular weight excluding hydrogens is 452 g/mol. The van der Waals surface area contributed by atoms with Gasteiger partial charge in [0, 0.05) is 10.9 Å². The Kier molecular flexibility index (Phi) is 5.88. The lowest BCUT2D eigenvalue weighted by Crippen LogP contribution is -2.13.